The summed E-state index contributed by atoms with van der Waals surface area (Å²) in [6.07, 6.45) is 9.32. The average molecular weight is 332 g/mol. The molecule has 1 aliphatic heterocycles. The van der Waals surface area contributed by atoms with Crippen molar-refractivity contribution in [3.63, 3.8) is 0 Å². The van der Waals surface area contributed by atoms with Crippen molar-refractivity contribution in [3.05, 3.63) is 12.1 Å². The Bertz CT molecular complexity index is 526. The van der Waals surface area contributed by atoms with Crippen LogP contribution in [0.25, 0.3) is 0 Å². The Labute approximate surface area is 144 Å². The normalized spacial score (nSPS) is 22.7. The minimum absolute atomic E-state index is 0.0471. The van der Waals surface area contributed by atoms with Gasteiger partial charge < -0.3 is 15.0 Å². The first-order valence-electron chi connectivity index (χ1n) is 9.19. The van der Waals surface area contributed by atoms with Crippen molar-refractivity contribution >= 4 is 11.7 Å². The zero-order valence-corrected chi connectivity index (χ0v) is 14.5. The van der Waals surface area contributed by atoms with Crippen molar-refractivity contribution in [1.82, 2.24) is 15.5 Å². The summed E-state index contributed by atoms with van der Waals surface area (Å²) in [7, 11) is 1.58. The quantitative estimate of drug-likeness (QED) is 0.858. The van der Waals surface area contributed by atoms with E-state index in [4.69, 9.17) is 4.74 Å². The van der Waals surface area contributed by atoms with E-state index in [-0.39, 0.29) is 11.8 Å². The second-order valence-corrected chi connectivity index (χ2v) is 6.92. The number of carbonyl (C=O) groups excluding carboxylic acids is 1. The molecule has 132 valence electrons. The van der Waals surface area contributed by atoms with E-state index in [1.807, 2.05) is 12.1 Å². The highest BCUT2D eigenvalue weighted by atomic mass is 16.5. The van der Waals surface area contributed by atoms with Gasteiger partial charge in [0.1, 0.15) is 0 Å². The van der Waals surface area contributed by atoms with E-state index in [1.54, 1.807) is 7.11 Å². The molecule has 0 radical (unpaired) electrons. The molecule has 6 heteroatoms. The van der Waals surface area contributed by atoms with Gasteiger partial charge >= 0.3 is 0 Å². The first kappa shape index (κ1) is 17.0. The Kier molecular flexibility index (Phi) is 5.88. The van der Waals surface area contributed by atoms with Crippen LogP contribution in [0, 0.1) is 5.92 Å². The Morgan fingerprint density at radius 1 is 1.12 bits per heavy atom. The predicted octanol–water partition coefficient (Wildman–Crippen LogP) is 2.54. The number of nitrogens with one attached hydrogen (secondary N) is 1. The van der Waals surface area contributed by atoms with E-state index >= 15 is 0 Å². The standard InChI is InChI=1S/C18H28N4O2/c1-24-17-11-10-16(20-21-17)22-12-6-7-14(13-22)18(23)19-15-8-4-2-3-5-9-15/h10-11,14-15H,2-9,12-13H2,1H3,(H,19,23)/t14-/m1/s1. The number of amides is 1. The molecule has 1 saturated carbocycles. The van der Waals surface area contributed by atoms with Crippen LogP contribution in [0.2, 0.25) is 0 Å². The lowest BCUT2D eigenvalue weighted by molar-refractivity contribution is -0.126. The Balaban J connectivity index is 1.56. The molecule has 2 heterocycles. The number of methoxy groups -OCH3 is 1. The lowest BCUT2D eigenvalue weighted by atomic mass is 9.96. The van der Waals surface area contributed by atoms with Gasteiger partial charge in [0.15, 0.2) is 5.82 Å². The molecule has 0 bridgehead atoms. The summed E-state index contributed by atoms with van der Waals surface area (Å²) in [5.41, 5.74) is 0. The molecular formula is C18H28N4O2. The maximum Gasteiger partial charge on any atom is 0.233 e. The molecule has 1 atom stereocenters. The molecule has 1 aromatic heterocycles. The Hall–Kier alpha value is -1.85. The van der Waals surface area contributed by atoms with E-state index in [9.17, 15) is 4.79 Å². The predicted molar refractivity (Wildman–Crippen MR) is 93.2 cm³/mol. The molecule has 1 aliphatic carbocycles. The Morgan fingerprint density at radius 2 is 1.92 bits per heavy atom. The van der Waals surface area contributed by atoms with Crippen molar-refractivity contribution in [3.8, 4) is 5.88 Å². The van der Waals surface area contributed by atoms with Gasteiger partial charge in [0.2, 0.25) is 11.8 Å². The maximum atomic E-state index is 12.7. The van der Waals surface area contributed by atoms with E-state index in [2.05, 4.69) is 20.4 Å². The molecule has 1 saturated heterocycles. The van der Waals surface area contributed by atoms with Crippen LogP contribution in [0.3, 0.4) is 0 Å². The van der Waals surface area contributed by atoms with Crippen LogP contribution in [0.5, 0.6) is 5.88 Å². The topological polar surface area (TPSA) is 67.3 Å². The number of nitrogens with zero attached hydrogens (tertiary/aromatic N) is 3. The summed E-state index contributed by atoms with van der Waals surface area (Å²) in [6.45, 7) is 1.65. The van der Waals surface area contributed by atoms with Gasteiger partial charge in [-0.25, -0.2) is 0 Å². The number of aromatic nitrogens is 2. The van der Waals surface area contributed by atoms with Crippen LogP contribution in [0.15, 0.2) is 12.1 Å². The molecule has 6 nitrogen and oxygen atoms in total. The number of hydrogen-bond acceptors (Lipinski definition) is 5. The number of ether oxygens (including phenoxy) is 1. The smallest absolute Gasteiger partial charge is 0.233 e. The number of anilines is 1. The minimum Gasteiger partial charge on any atom is -0.480 e. The van der Waals surface area contributed by atoms with Crippen LogP contribution in [0.1, 0.15) is 51.4 Å². The van der Waals surface area contributed by atoms with Gasteiger partial charge in [0.25, 0.3) is 0 Å². The number of hydrogen-bond donors (Lipinski definition) is 1. The van der Waals surface area contributed by atoms with Gasteiger partial charge in [0.05, 0.1) is 13.0 Å². The number of carbonyl (C=O) groups is 1. The molecule has 1 N–H and O–H groups in total. The zero-order valence-electron chi connectivity index (χ0n) is 14.5. The molecule has 0 spiro atoms. The Morgan fingerprint density at radius 3 is 2.58 bits per heavy atom. The van der Waals surface area contributed by atoms with Crippen LogP contribution in [-0.4, -0.2) is 42.3 Å². The second-order valence-electron chi connectivity index (χ2n) is 6.92. The van der Waals surface area contributed by atoms with Crippen molar-refractivity contribution < 1.29 is 9.53 Å². The molecule has 24 heavy (non-hydrogen) atoms. The van der Waals surface area contributed by atoms with Crippen LogP contribution >= 0.6 is 0 Å². The van der Waals surface area contributed by atoms with Crippen molar-refractivity contribution in [2.75, 3.05) is 25.1 Å². The first-order chi connectivity index (χ1) is 11.8. The van der Waals surface area contributed by atoms with Crippen LogP contribution < -0.4 is 15.0 Å². The van der Waals surface area contributed by atoms with E-state index < -0.39 is 0 Å². The van der Waals surface area contributed by atoms with Crippen molar-refractivity contribution in [1.29, 1.82) is 0 Å². The molecule has 2 fully saturated rings. The van der Waals surface area contributed by atoms with Crippen molar-refractivity contribution in [2.45, 2.75) is 57.4 Å². The fraction of sp³-hybridized carbons (Fsp3) is 0.722. The fourth-order valence-corrected chi connectivity index (χ4v) is 3.73. The fourth-order valence-electron chi connectivity index (χ4n) is 3.73. The van der Waals surface area contributed by atoms with E-state index in [0.29, 0.717) is 11.9 Å². The number of rotatable bonds is 4. The average Bonchev–Trinajstić information content (AvgIpc) is 2.90. The SMILES string of the molecule is COc1ccc(N2CCC[C@@H](C(=O)NC3CCCCCC3)C2)nn1. The summed E-state index contributed by atoms with van der Waals surface area (Å²) < 4.78 is 5.05. The highest BCUT2D eigenvalue weighted by Crippen LogP contribution is 2.23. The third kappa shape index (κ3) is 4.36. The lowest BCUT2D eigenvalue weighted by Crippen LogP contribution is -2.46. The van der Waals surface area contributed by atoms with E-state index in [0.717, 1.165) is 44.6 Å². The minimum atomic E-state index is 0.0471. The molecule has 0 unspecified atom stereocenters. The monoisotopic (exact) mass is 332 g/mol. The van der Waals surface area contributed by atoms with Crippen molar-refractivity contribution in [2.24, 2.45) is 5.92 Å². The summed E-state index contributed by atoms with van der Waals surface area (Å²) in [5, 5.41) is 11.5. The van der Waals surface area contributed by atoms with Gasteiger partial charge in [-0.05, 0) is 31.7 Å². The zero-order chi connectivity index (χ0) is 16.8. The second kappa shape index (κ2) is 8.31. The van der Waals surface area contributed by atoms with Gasteiger partial charge in [0, 0.05) is 25.2 Å². The van der Waals surface area contributed by atoms with Gasteiger partial charge in [-0.15, -0.1) is 10.2 Å². The van der Waals surface area contributed by atoms with Crippen LogP contribution in [-0.2, 0) is 4.79 Å². The van der Waals surface area contributed by atoms with Gasteiger partial charge in [-0.2, -0.15) is 0 Å². The molecule has 1 amide bonds. The molecular weight excluding hydrogens is 304 g/mol. The highest BCUT2D eigenvalue weighted by Gasteiger charge is 2.28. The van der Waals surface area contributed by atoms with Gasteiger partial charge in [-0.3, -0.25) is 4.79 Å². The third-order valence-electron chi connectivity index (χ3n) is 5.15. The highest BCUT2D eigenvalue weighted by molar-refractivity contribution is 5.79. The summed E-state index contributed by atoms with van der Waals surface area (Å²) in [6, 6.07) is 4.10. The van der Waals surface area contributed by atoms with E-state index in [1.165, 1.54) is 25.7 Å². The third-order valence-corrected chi connectivity index (χ3v) is 5.15. The maximum absolute atomic E-state index is 12.7. The molecule has 0 aromatic carbocycles. The summed E-state index contributed by atoms with van der Waals surface area (Å²) in [5.74, 6) is 1.60. The van der Waals surface area contributed by atoms with Crippen LogP contribution in [0.4, 0.5) is 5.82 Å². The molecule has 2 aliphatic rings. The molecule has 3 rings (SSSR count). The van der Waals surface area contributed by atoms with Gasteiger partial charge in [-0.1, -0.05) is 25.7 Å². The summed E-state index contributed by atoms with van der Waals surface area (Å²) >= 11 is 0. The largest absolute Gasteiger partial charge is 0.480 e. The summed E-state index contributed by atoms with van der Waals surface area (Å²) in [4.78, 5) is 14.8. The lowest BCUT2D eigenvalue weighted by Gasteiger charge is -2.33. The number of piperidine rings is 1. The first-order valence-corrected chi connectivity index (χ1v) is 9.19. The molecule has 1 aromatic rings.